The first kappa shape index (κ1) is 13.2. The van der Waals surface area contributed by atoms with E-state index in [1.54, 1.807) is 12.1 Å². The number of hydrogen-bond acceptors (Lipinski definition) is 4. The minimum atomic E-state index is -0.213. The summed E-state index contributed by atoms with van der Waals surface area (Å²) in [5.74, 6) is -0.213. The zero-order chi connectivity index (χ0) is 13.1. The highest BCUT2D eigenvalue weighted by Gasteiger charge is 2.29. The Morgan fingerprint density at radius 3 is 2.83 bits per heavy atom. The van der Waals surface area contributed by atoms with E-state index in [2.05, 4.69) is 34.4 Å². The standard InChI is InChI=1S/C12H17ClN4O/c1-8(17(2)9-3-4-9)7-14-12(18)10-5-6-11(13)16-15-10/h5-6,8-9H,3-4,7H2,1-2H3,(H,14,18). The summed E-state index contributed by atoms with van der Waals surface area (Å²) in [5.41, 5.74) is 0.292. The number of carbonyl (C=O) groups excluding carboxylic acids is 1. The summed E-state index contributed by atoms with van der Waals surface area (Å²) in [5, 5.41) is 10.5. The lowest BCUT2D eigenvalue weighted by Gasteiger charge is -2.24. The van der Waals surface area contributed by atoms with Crippen molar-refractivity contribution in [3.8, 4) is 0 Å². The fraction of sp³-hybridized carbons (Fsp3) is 0.583. The van der Waals surface area contributed by atoms with Gasteiger partial charge in [0.15, 0.2) is 10.8 Å². The van der Waals surface area contributed by atoms with Crippen molar-refractivity contribution in [3.63, 3.8) is 0 Å². The van der Waals surface area contributed by atoms with Crippen LogP contribution in [0.2, 0.25) is 5.15 Å². The van der Waals surface area contributed by atoms with E-state index in [1.807, 2.05) is 0 Å². The number of rotatable bonds is 5. The van der Waals surface area contributed by atoms with Crippen LogP contribution in [-0.2, 0) is 0 Å². The zero-order valence-electron chi connectivity index (χ0n) is 10.6. The van der Waals surface area contributed by atoms with Crippen LogP contribution in [0.1, 0.15) is 30.3 Å². The van der Waals surface area contributed by atoms with Crippen LogP contribution in [0.3, 0.4) is 0 Å². The van der Waals surface area contributed by atoms with Gasteiger partial charge in [0.2, 0.25) is 0 Å². The van der Waals surface area contributed by atoms with E-state index in [0.717, 1.165) is 0 Å². The molecule has 18 heavy (non-hydrogen) atoms. The van der Waals surface area contributed by atoms with Crippen LogP contribution in [0.5, 0.6) is 0 Å². The molecular formula is C12H17ClN4O. The van der Waals surface area contributed by atoms with E-state index in [0.29, 0.717) is 24.3 Å². The third-order valence-corrected chi connectivity index (χ3v) is 3.44. The Balaban J connectivity index is 1.82. The second-order valence-electron chi connectivity index (χ2n) is 4.70. The van der Waals surface area contributed by atoms with E-state index in [9.17, 15) is 4.79 Å². The van der Waals surface area contributed by atoms with E-state index in [4.69, 9.17) is 11.6 Å². The molecule has 2 rings (SSSR count). The molecule has 0 aromatic carbocycles. The molecular weight excluding hydrogens is 252 g/mol. The van der Waals surface area contributed by atoms with E-state index in [1.165, 1.54) is 12.8 Å². The van der Waals surface area contributed by atoms with Gasteiger partial charge in [0, 0.05) is 18.6 Å². The highest BCUT2D eigenvalue weighted by Crippen LogP contribution is 2.26. The maximum atomic E-state index is 11.8. The van der Waals surface area contributed by atoms with Crippen LogP contribution in [0, 0.1) is 0 Å². The first-order chi connectivity index (χ1) is 8.58. The Morgan fingerprint density at radius 1 is 1.56 bits per heavy atom. The monoisotopic (exact) mass is 268 g/mol. The smallest absolute Gasteiger partial charge is 0.271 e. The summed E-state index contributed by atoms with van der Waals surface area (Å²) in [6.45, 7) is 2.71. The second-order valence-corrected chi connectivity index (χ2v) is 5.08. The lowest BCUT2D eigenvalue weighted by Crippen LogP contribution is -2.41. The Morgan fingerprint density at radius 2 is 2.28 bits per heavy atom. The Labute approximate surface area is 112 Å². The van der Waals surface area contributed by atoms with Gasteiger partial charge in [-0.3, -0.25) is 9.69 Å². The van der Waals surface area contributed by atoms with Crippen molar-refractivity contribution in [3.05, 3.63) is 23.0 Å². The van der Waals surface area contributed by atoms with Crippen molar-refractivity contribution >= 4 is 17.5 Å². The summed E-state index contributed by atoms with van der Waals surface area (Å²) in [6, 6.07) is 4.14. The lowest BCUT2D eigenvalue weighted by molar-refractivity contribution is 0.0933. The van der Waals surface area contributed by atoms with Crippen molar-refractivity contribution in [1.29, 1.82) is 0 Å². The van der Waals surface area contributed by atoms with Crippen LogP contribution in [0.4, 0.5) is 0 Å². The molecule has 0 bridgehead atoms. The highest BCUT2D eigenvalue weighted by molar-refractivity contribution is 6.29. The van der Waals surface area contributed by atoms with E-state index >= 15 is 0 Å². The van der Waals surface area contributed by atoms with Crippen LogP contribution in [-0.4, -0.2) is 46.7 Å². The van der Waals surface area contributed by atoms with Crippen molar-refractivity contribution in [1.82, 2.24) is 20.4 Å². The third-order valence-electron chi connectivity index (χ3n) is 3.24. The molecule has 1 unspecified atom stereocenters. The van der Waals surface area contributed by atoms with Gasteiger partial charge in [-0.2, -0.15) is 0 Å². The molecule has 0 radical (unpaired) electrons. The first-order valence-corrected chi connectivity index (χ1v) is 6.45. The summed E-state index contributed by atoms with van der Waals surface area (Å²) in [6.07, 6.45) is 2.52. The van der Waals surface area contributed by atoms with E-state index < -0.39 is 0 Å². The van der Waals surface area contributed by atoms with Crippen LogP contribution in [0.15, 0.2) is 12.1 Å². The molecule has 98 valence electrons. The van der Waals surface area contributed by atoms with Gasteiger partial charge in [0.05, 0.1) is 0 Å². The van der Waals surface area contributed by atoms with Gasteiger partial charge in [-0.15, -0.1) is 10.2 Å². The number of halogens is 1. The number of likely N-dealkylation sites (N-methyl/N-ethyl adjacent to an activating group) is 1. The summed E-state index contributed by atoms with van der Waals surface area (Å²) < 4.78 is 0. The van der Waals surface area contributed by atoms with Crippen molar-refractivity contribution in [2.75, 3.05) is 13.6 Å². The number of aromatic nitrogens is 2. The number of nitrogens with one attached hydrogen (secondary N) is 1. The zero-order valence-corrected chi connectivity index (χ0v) is 11.3. The SMILES string of the molecule is CC(CNC(=O)c1ccc(Cl)nn1)N(C)C1CC1. The Hall–Kier alpha value is -1.20. The number of carbonyl (C=O) groups is 1. The van der Waals surface area contributed by atoms with Gasteiger partial charge in [-0.05, 0) is 38.9 Å². The fourth-order valence-electron chi connectivity index (χ4n) is 1.75. The normalized spacial score (nSPS) is 16.7. The first-order valence-electron chi connectivity index (χ1n) is 6.07. The maximum Gasteiger partial charge on any atom is 0.271 e. The summed E-state index contributed by atoms with van der Waals surface area (Å²) in [4.78, 5) is 14.1. The summed E-state index contributed by atoms with van der Waals surface area (Å²) >= 11 is 5.62. The fourth-order valence-corrected chi connectivity index (χ4v) is 1.85. The molecule has 1 N–H and O–H groups in total. The molecule has 1 amide bonds. The molecule has 1 aliphatic rings. The number of amides is 1. The molecule has 5 nitrogen and oxygen atoms in total. The molecule has 1 fully saturated rings. The van der Waals surface area contributed by atoms with Crippen LogP contribution < -0.4 is 5.32 Å². The molecule has 0 spiro atoms. The minimum Gasteiger partial charge on any atom is -0.349 e. The summed E-state index contributed by atoms with van der Waals surface area (Å²) in [7, 11) is 2.09. The molecule has 1 atom stereocenters. The Bertz CT molecular complexity index is 419. The Kier molecular flexibility index (Phi) is 4.14. The quantitative estimate of drug-likeness (QED) is 0.876. The molecule has 1 heterocycles. The van der Waals surface area contributed by atoms with E-state index in [-0.39, 0.29) is 11.1 Å². The predicted molar refractivity (Wildman–Crippen MR) is 69.6 cm³/mol. The van der Waals surface area contributed by atoms with Gasteiger partial charge in [0.1, 0.15) is 0 Å². The van der Waals surface area contributed by atoms with Gasteiger partial charge >= 0.3 is 0 Å². The topological polar surface area (TPSA) is 58.1 Å². The van der Waals surface area contributed by atoms with Crippen molar-refractivity contribution < 1.29 is 4.79 Å². The van der Waals surface area contributed by atoms with Crippen LogP contribution >= 0.6 is 11.6 Å². The maximum absolute atomic E-state index is 11.8. The van der Waals surface area contributed by atoms with Crippen LogP contribution in [0.25, 0.3) is 0 Å². The number of hydrogen-bond donors (Lipinski definition) is 1. The predicted octanol–water partition coefficient (Wildman–Crippen LogP) is 1.34. The molecule has 1 aliphatic carbocycles. The highest BCUT2D eigenvalue weighted by atomic mass is 35.5. The van der Waals surface area contributed by atoms with Gasteiger partial charge < -0.3 is 5.32 Å². The average molecular weight is 269 g/mol. The largest absolute Gasteiger partial charge is 0.349 e. The molecule has 1 aromatic heterocycles. The molecule has 6 heteroatoms. The average Bonchev–Trinajstić information content (AvgIpc) is 3.19. The second kappa shape index (κ2) is 5.63. The van der Waals surface area contributed by atoms with Crippen molar-refractivity contribution in [2.45, 2.75) is 31.8 Å². The molecule has 1 aromatic rings. The van der Waals surface area contributed by atoms with Gasteiger partial charge in [0.25, 0.3) is 5.91 Å². The van der Waals surface area contributed by atoms with Crippen molar-refractivity contribution in [2.24, 2.45) is 0 Å². The third kappa shape index (κ3) is 3.40. The number of nitrogens with zero attached hydrogens (tertiary/aromatic N) is 3. The van der Waals surface area contributed by atoms with Gasteiger partial charge in [-0.1, -0.05) is 11.6 Å². The molecule has 1 saturated carbocycles. The molecule has 0 aliphatic heterocycles. The minimum absolute atomic E-state index is 0.213. The molecule has 0 saturated heterocycles. The lowest BCUT2D eigenvalue weighted by atomic mass is 10.2. The van der Waals surface area contributed by atoms with Gasteiger partial charge in [-0.25, -0.2) is 0 Å².